The molecule has 0 aromatic heterocycles. The predicted octanol–water partition coefficient (Wildman–Crippen LogP) is 4.27. The van der Waals surface area contributed by atoms with Crippen LogP contribution in [0.15, 0.2) is 12.1 Å². The van der Waals surface area contributed by atoms with Gasteiger partial charge in [0.25, 0.3) is 0 Å². The smallest absolute Gasteiger partial charge is 0.0919 e. The van der Waals surface area contributed by atoms with Crippen LogP contribution in [0.3, 0.4) is 0 Å². The highest BCUT2D eigenvalue weighted by molar-refractivity contribution is 8.07. The second-order valence-corrected chi connectivity index (χ2v) is 8.69. The zero-order valence-corrected chi connectivity index (χ0v) is 14.1. The number of benzene rings is 1. The third-order valence-electron chi connectivity index (χ3n) is 4.13. The highest BCUT2D eigenvalue weighted by atomic mass is 32.2. The fourth-order valence-electron chi connectivity index (χ4n) is 2.48. The van der Waals surface area contributed by atoms with E-state index in [1.54, 1.807) is 0 Å². The Labute approximate surface area is 125 Å². The number of hydrogen-bond donors (Lipinski definition) is 1. The van der Waals surface area contributed by atoms with E-state index in [-0.39, 0.29) is 6.10 Å². The van der Waals surface area contributed by atoms with Gasteiger partial charge >= 0.3 is 0 Å². The fraction of sp³-hybridized carbons (Fsp3) is 0.625. The molecule has 0 spiro atoms. The monoisotopic (exact) mass is 296 g/mol. The summed E-state index contributed by atoms with van der Waals surface area (Å²) in [6.45, 7) is 10.9. The molecule has 2 rings (SSSR count). The average Bonchev–Trinajstić information content (AvgIpc) is 2.36. The second-order valence-electron chi connectivity index (χ2n) is 5.66. The molecule has 1 aromatic carbocycles. The normalized spacial score (nSPS) is 29.3. The molecule has 1 nitrogen and oxygen atoms in total. The molecule has 1 fully saturated rings. The SMILES string of the molecule is Cc1cc(C)c(C(O)C2CSC(C)C(C)S2)cc1C. The molecule has 0 saturated carbocycles. The van der Waals surface area contributed by atoms with Gasteiger partial charge in [-0.3, -0.25) is 0 Å². The van der Waals surface area contributed by atoms with E-state index >= 15 is 0 Å². The first kappa shape index (κ1) is 15.3. The van der Waals surface area contributed by atoms with Crippen LogP contribution >= 0.6 is 23.5 Å². The summed E-state index contributed by atoms with van der Waals surface area (Å²) in [6.07, 6.45) is -0.341. The molecule has 106 valence electrons. The maximum absolute atomic E-state index is 10.7. The minimum atomic E-state index is -0.341. The molecular weight excluding hydrogens is 272 g/mol. The Morgan fingerprint density at radius 2 is 1.68 bits per heavy atom. The van der Waals surface area contributed by atoms with Crippen molar-refractivity contribution < 1.29 is 5.11 Å². The van der Waals surface area contributed by atoms with E-state index in [0.29, 0.717) is 15.7 Å². The highest BCUT2D eigenvalue weighted by Gasteiger charge is 2.31. The Morgan fingerprint density at radius 3 is 2.32 bits per heavy atom. The molecule has 1 heterocycles. The maximum Gasteiger partial charge on any atom is 0.0919 e. The summed E-state index contributed by atoms with van der Waals surface area (Å²) in [5.41, 5.74) is 4.91. The molecule has 1 aromatic rings. The van der Waals surface area contributed by atoms with Gasteiger partial charge in [-0.25, -0.2) is 0 Å². The number of rotatable bonds is 2. The lowest BCUT2D eigenvalue weighted by atomic mass is 9.96. The lowest BCUT2D eigenvalue weighted by Crippen LogP contribution is -2.30. The van der Waals surface area contributed by atoms with E-state index in [9.17, 15) is 5.11 Å². The number of aryl methyl sites for hydroxylation is 3. The molecule has 1 aliphatic rings. The molecule has 0 radical (unpaired) electrons. The molecule has 19 heavy (non-hydrogen) atoms. The number of aliphatic hydroxyl groups excluding tert-OH is 1. The van der Waals surface area contributed by atoms with Crippen molar-refractivity contribution in [2.24, 2.45) is 0 Å². The average molecular weight is 297 g/mol. The van der Waals surface area contributed by atoms with E-state index in [4.69, 9.17) is 0 Å². The third-order valence-corrected chi connectivity index (χ3v) is 7.61. The molecular formula is C16H24OS2. The van der Waals surface area contributed by atoms with Gasteiger partial charge in [-0.05, 0) is 43.0 Å². The van der Waals surface area contributed by atoms with Gasteiger partial charge in [0, 0.05) is 21.5 Å². The maximum atomic E-state index is 10.7. The fourth-order valence-corrected chi connectivity index (χ4v) is 5.47. The lowest BCUT2D eigenvalue weighted by molar-refractivity contribution is 0.179. The molecule has 0 aliphatic carbocycles. The van der Waals surface area contributed by atoms with E-state index in [0.717, 1.165) is 11.3 Å². The van der Waals surface area contributed by atoms with Crippen molar-refractivity contribution in [1.82, 2.24) is 0 Å². The molecule has 3 heteroatoms. The molecule has 4 unspecified atom stereocenters. The summed E-state index contributed by atoms with van der Waals surface area (Å²) in [7, 11) is 0. The standard InChI is InChI=1S/C16H24OS2/c1-9-6-11(3)14(7-10(9)2)16(17)15-8-18-12(4)13(5)19-15/h6-7,12-13,15-17H,8H2,1-5H3. The van der Waals surface area contributed by atoms with Crippen LogP contribution in [0.5, 0.6) is 0 Å². The van der Waals surface area contributed by atoms with E-state index < -0.39 is 0 Å². The van der Waals surface area contributed by atoms with Crippen molar-refractivity contribution in [3.05, 3.63) is 34.4 Å². The van der Waals surface area contributed by atoms with Crippen molar-refractivity contribution in [3.63, 3.8) is 0 Å². The van der Waals surface area contributed by atoms with Crippen LogP contribution < -0.4 is 0 Å². The zero-order chi connectivity index (χ0) is 14.2. The van der Waals surface area contributed by atoms with Crippen molar-refractivity contribution in [3.8, 4) is 0 Å². The van der Waals surface area contributed by atoms with Gasteiger partial charge in [0.15, 0.2) is 0 Å². The molecule has 1 N–H and O–H groups in total. The number of hydrogen-bond acceptors (Lipinski definition) is 3. The first-order chi connectivity index (χ1) is 8.90. The zero-order valence-electron chi connectivity index (χ0n) is 12.4. The van der Waals surface area contributed by atoms with Gasteiger partial charge < -0.3 is 5.11 Å². The summed E-state index contributed by atoms with van der Waals surface area (Å²) in [5, 5.41) is 12.3. The molecule has 1 saturated heterocycles. The van der Waals surface area contributed by atoms with Gasteiger partial charge in [0.2, 0.25) is 0 Å². The molecule has 1 aliphatic heterocycles. The first-order valence-corrected chi connectivity index (χ1v) is 8.92. The molecule has 4 atom stereocenters. The molecule has 0 amide bonds. The van der Waals surface area contributed by atoms with E-state index in [1.165, 1.54) is 16.7 Å². The highest BCUT2D eigenvalue weighted by Crippen LogP contribution is 2.41. The van der Waals surface area contributed by atoms with E-state index in [2.05, 4.69) is 46.8 Å². The van der Waals surface area contributed by atoms with Crippen LogP contribution in [-0.4, -0.2) is 26.6 Å². The van der Waals surface area contributed by atoms with Crippen molar-refractivity contribution in [2.45, 2.75) is 56.5 Å². The first-order valence-electron chi connectivity index (χ1n) is 6.93. The summed E-state index contributed by atoms with van der Waals surface area (Å²) in [5.74, 6) is 1.05. The van der Waals surface area contributed by atoms with Gasteiger partial charge in [0.1, 0.15) is 0 Å². The van der Waals surface area contributed by atoms with Crippen LogP contribution in [0, 0.1) is 20.8 Å². The topological polar surface area (TPSA) is 20.2 Å². The Morgan fingerprint density at radius 1 is 1.05 bits per heavy atom. The Hall–Kier alpha value is -0.120. The predicted molar refractivity (Wildman–Crippen MR) is 88.4 cm³/mol. The van der Waals surface area contributed by atoms with Crippen molar-refractivity contribution in [1.29, 1.82) is 0 Å². The van der Waals surface area contributed by atoms with Crippen LogP contribution in [0.1, 0.15) is 42.2 Å². The Balaban J connectivity index is 2.20. The van der Waals surface area contributed by atoms with E-state index in [1.807, 2.05) is 23.5 Å². The minimum absolute atomic E-state index is 0.317. The summed E-state index contributed by atoms with van der Waals surface area (Å²) < 4.78 is 0. The Bertz CT molecular complexity index is 458. The van der Waals surface area contributed by atoms with Crippen molar-refractivity contribution >= 4 is 23.5 Å². The van der Waals surface area contributed by atoms with Crippen molar-refractivity contribution in [2.75, 3.05) is 5.75 Å². The summed E-state index contributed by atoms with van der Waals surface area (Å²) >= 11 is 3.93. The van der Waals surface area contributed by atoms with Crippen LogP contribution in [0.25, 0.3) is 0 Å². The minimum Gasteiger partial charge on any atom is -0.387 e. The van der Waals surface area contributed by atoms with Crippen LogP contribution in [0.2, 0.25) is 0 Å². The number of thioether (sulfide) groups is 2. The largest absolute Gasteiger partial charge is 0.387 e. The van der Waals surface area contributed by atoms with Gasteiger partial charge in [0.05, 0.1) is 6.10 Å². The Kier molecular flexibility index (Phi) is 4.91. The van der Waals surface area contributed by atoms with Gasteiger partial charge in [-0.15, -0.1) is 0 Å². The van der Waals surface area contributed by atoms with Gasteiger partial charge in [-0.2, -0.15) is 23.5 Å². The summed E-state index contributed by atoms with van der Waals surface area (Å²) in [4.78, 5) is 0. The number of aliphatic hydroxyl groups is 1. The van der Waals surface area contributed by atoms with Crippen LogP contribution in [-0.2, 0) is 0 Å². The van der Waals surface area contributed by atoms with Crippen LogP contribution in [0.4, 0.5) is 0 Å². The third kappa shape index (κ3) is 3.32. The molecule has 0 bridgehead atoms. The summed E-state index contributed by atoms with van der Waals surface area (Å²) in [6, 6.07) is 4.36. The quantitative estimate of drug-likeness (QED) is 0.880. The van der Waals surface area contributed by atoms with Gasteiger partial charge in [-0.1, -0.05) is 26.0 Å². The second kappa shape index (κ2) is 6.11. The lowest BCUT2D eigenvalue weighted by Gasteiger charge is -2.34.